The fraction of sp³-hybridized carbons (Fsp3) is 0.643. The van der Waals surface area contributed by atoms with Crippen LogP contribution in [-0.4, -0.2) is 24.6 Å². The van der Waals surface area contributed by atoms with Gasteiger partial charge in [0.1, 0.15) is 5.82 Å². The topological polar surface area (TPSA) is 28.2 Å². The van der Waals surface area contributed by atoms with Gasteiger partial charge in [-0.15, -0.1) is 0 Å². The molecule has 0 aromatic carbocycles. The van der Waals surface area contributed by atoms with Crippen molar-refractivity contribution in [2.75, 3.05) is 18.5 Å². The second-order valence-corrected chi connectivity index (χ2v) is 4.87. The Morgan fingerprint density at radius 2 is 2.12 bits per heavy atom. The standard InChI is InChI=1S/C14H25N3/c1-6-7-15-9-13-8-12(4)14(16-10-13)17(5)11(2)3/h8,10-11,15H,6-7,9H2,1-5H3. The quantitative estimate of drug-likeness (QED) is 0.768. The maximum absolute atomic E-state index is 4.56. The van der Waals surface area contributed by atoms with Gasteiger partial charge in [-0.1, -0.05) is 6.92 Å². The maximum atomic E-state index is 4.56. The van der Waals surface area contributed by atoms with Crippen LogP contribution in [0.2, 0.25) is 0 Å². The number of hydrogen-bond acceptors (Lipinski definition) is 3. The summed E-state index contributed by atoms with van der Waals surface area (Å²) in [6.45, 7) is 10.6. The second kappa shape index (κ2) is 6.60. The van der Waals surface area contributed by atoms with Crippen LogP contribution in [0.4, 0.5) is 5.82 Å². The van der Waals surface area contributed by atoms with Gasteiger partial charge in [0.25, 0.3) is 0 Å². The predicted octanol–water partition coefficient (Wildman–Crippen LogP) is 2.73. The Hall–Kier alpha value is -1.09. The summed E-state index contributed by atoms with van der Waals surface area (Å²) < 4.78 is 0. The zero-order chi connectivity index (χ0) is 12.8. The van der Waals surface area contributed by atoms with E-state index in [0.29, 0.717) is 6.04 Å². The van der Waals surface area contributed by atoms with Crippen molar-refractivity contribution in [1.29, 1.82) is 0 Å². The largest absolute Gasteiger partial charge is 0.357 e. The summed E-state index contributed by atoms with van der Waals surface area (Å²) in [5.74, 6) is 1.08. The van der Waals surface area contributed by atoms with Crippen LogP contribution in [0.25, 0.3) is 0 Å². The molecular weight excluding hydrogens is 210 g/mol. The number of rotatable bonds is 6. The Balaban J connectivity index is 2.72. The second-order valence-electron chi connectivity index (χ2n) is 4.87. The average Bonchev–Trinajstić information content (AvgIpc) is 2.28. The summed E-state index contributed by atoms with van der Waals surface area (Å²) in [6, 6.07) is 2.70. The van der Waals surface area contributed by atoms with Gasteiger partial charge in [0, 0.05) is 25.8 Å². The van der Waals surface area contributed by atoms with Crippen molar-refractivity contribution in [2.45, 2.75) is 46.7 Å². The summed E-state index contributed by atoms with van der Waals surface area (Å²) in [7, 11) is 2.09. The molecule has 96 valence electrons. The Morgan fingerprint density at radius 3 is 2.65 bits per heavy atom. The van der Waals surface area contributed by atoms with E-state index in [9.17, 15) is 0 Å². The van der Waals surface area contributed by atoms with Crippen molar-refractivity contribution in [3.05, 3.63) is 23.4 Å². The van der Waals surface area contributed by atoms with Crippen LogP contribution in [0, 0.1) is 6.92 Å². The normalized spacial score (nSPS) is 10.9. The zero-order valence-electron chi connectivity index (χ0n) is 11.7. The van der Waals surface area contributed by atoms with Crippen LogP contribution in [0.15, 0.2) is 12.3 Å². The van der Waals surface area contributed by atoms with E-state index in [1.54, 1.807) is 0 Å². The maximum Gasteiger partial charge on any atom is 0.131 e. The first-order chi connectivity index (χ1) is 8.06. The van der Waals surface area contributed by atoms with Gasteiger partial charge in [-0.3, -0.25) is 0 Å². The van der Waals surface area contributed by atoms with Crippen LogP contribution in [-0.2, 0) is 6.54 Å². The molecule has 1 rings (SSSR count). The molecule has 0 saturated heterocycles. The van der Waals surface area contributed by atoms with Crippen molar-refractivity contribution in [3.8, 4) is 0 Å². The molecule has 3 heteroatoms. The van der Waals surface area contributed by atoms with E-state index in [1.165, 1.54) is 17.5 Å². The van der Waals surface area contributed by atoms with Gasteiger partial charge in [0.05, 0.1) is 0 Å². The minimum atomic E-state index is 0.477. The molecule has 0 unspecified atom stereocenters. The zero-order valence-corrected chi connectivity index (χ0v) is 11.7. The van der Waals surface area contributed by atoms with Crippen LogP contribution in [0.1, 0.15) is 38.3 Å². The molecule has 1 N–H and O–H groups in total. The molecule has 3 nitrogen and oxygen atoms in total. The number of nitrogens with one attached hydrogen (secondary N) is 1. The van der Waals surface area contributed by atoms with Gasteiger partial charge in [-0.05, 0) is 50.9 Å². The first-order valence-corrected chi connectivity index (χ1v) is 6.45. The molecule has 1 aromatic rings. The van der Waals surface area contributed by atoms with E-state index in [4.69, 9.17) is 0 Å². The van der Waals surface area contributed by atoms with Gasteiger partial charge in [-0.2, -0.15) is 0 Å². The molecule has 0 spiro atoms. The molecule has 0 radical (unpaired) electrons. The molecule has 0 atom stereocenters. The Labute approximate surface area is 105 Å². The minimum absolute atomic E-state index is 0.477. The highest BCUT2D eigenvalue weighted by Gasteiger charge is 2.09. The number of anilines is 1. The van der Waals surface area contributed by atoms with E-state index in [1.807, 2.05) is 6.20 Å². The highest BCUT2D eigenvalue weighted by Crippen LogP contribution is 2.18. The van der Waals surface area contributed by atoms with E-state index in [2.05, 4.69) is 56.0 Å². The summed E-state index contributed by atoms with van der Waals surface area (Å²) in [5, 5.41) is 3.40. The highest BCUT2D eigenvalue weighted by atomic mass is 15.2. The van der Waals surface area contributed by atoms with E-state index < -0.39 is 0 Å². The van der Waals surface area contributed by atoms with Crippen LogP contribution in [0.3, 0.4) is 0 Å². The predicted molar refractivity (Wildman–Crippen MR) is 74.5 cm³/mol. The molecular formula is C14H25N3. The monoisotopic (exact) mass is 235 g/mol. The summed E-state index contributed by atoms with van der Waals surface area (Å²) in [4.78, 5) is 6.77. The first kappa shape index (κ1) is 14.0. The Kier molecular flexibility index (Phi) is 5.42. The molecule has 0 amide bonds. The SMILES string of the molecule is CCCNCc1cnc(N(C)C(C)C)c(C)c1. The summed E-state index contributed by atoms with van der Waals surface area (Å²) in [5.41, 5.74) is 2.51. The lowest BCUT2D eigenvalue weighted by Crippen LogP contribution is -2.27. The van der Waals surface area contributed by atoms with Crippen LogP contribution < -0.4 is 10.2 Å². The van der Waals surface area contributed by atoms with Gasteiger partial charge >= 0.3 is 0 Å². The number of aromatic nitrogens is 1. The van der Waals surface area contributed by atoms with Gasteiger partial charge < -0.3 is 10.2 Å². The van der Waals surface area contributed by atoms with Crippen molar-refractivity contribution in [3.63, 3.8) is 0 Å². The van der Waals surface area contributed by atoms with Crippen molar-refractivity contribution < 1.29 is 0 Å². The van der Waals surface area contributed by atoms with Crippen molar-refractivity contribution in [2.24, 2.45) is 0 Å². The Bertz CT molecular complexity index is 347. The lowest BCUT2D eigenvalue weighted by atomic mass is 10.2. The molecule has 0 aliphatic carbocycles. The molecule has 0 saturated carbocycles. The molecule has 17 heavy (non-hydrogen) atoms. The third kappa shape index (κ3) is 4.00. The van der Waals surface area contributed by atoms with Crippen molar-refractivity contribution >= 4 is 5.82 Å². The van der Waals surface area contributed by atoms with Crippen molar-refractivity contribution in [1.82, 2.24) is 10.3 Å². The lowest BCUT2D eigenvalue weighted by molar-refractivity contribution is 0.672. The average molecular weight is 235 g/mol. The number of aryl methyl sites for hydroxylation is 1. The Morgan fingerprint density at radius 1 is 1.41 bits per heavy atom. The molecule has 1 heterocycles. The minimum Gasteiger partial charge on any atom is -0.357 e. The summed E-state index contributed by atoms with van der Waals surface area (Å²) >= 11 is 0. The first-order valence-electron chi connectivity index (χ1n) is 6.45. The fourth-order valence-electron chi connectivity index (χ4n) is 1.75. The lowest BCUT2D eigenvalue weighted by Gasteiger charge is -2.24. The van der Waals surface area contributed by atoms with E-state index >= 15 is 0 Å². The van der Waals surface area contributed by atoms with E-state index in [-0.39, 0.29) is 0 Å². The molecule has 0 aliphatic rings. The number of hydrogen-bond donors (Lipinski definition) is 1. The van der Waals surface area contributed by atoms with E-state index in [0.717, 1.165) is 18.9 Å². The number of nitrogens with zero attached hydrogens (tertiary/aromatic N) is 2. The number of pyridine rings is 1. The third-order valence-electron chi connectivity index (χ3n) is 2.97. The van der Waals surface area contributed by atoms with Gasteiger partial charge in [0.15, 0.2) is 0 Å². The molecule has 0 bridgehead atoms. The van der Waals surface area contributed by atoms with Gasteiger partial charge in [-0.25, -0.2) is 4.98 Å². The molecule has 0 fully saturated rings. The molecule has 0 aliphatic heterocycles. The highest BCUT2D eigenvalue weighted by molar-refractivity contribution is 5.47. The third-order valence-corrected chi connectivity index (χ3v) is 2.97. The fourth-order valence-corrected chi connectivity index (χ4v) is 1.75. The van der Waals surface area contributed by atoms with Crippen LogP contribution in [0.5, 0.6) is 0 Å². The van der Waals surface area contributed by atoms with Gasteiger partial charge in [0.2, 0.25) is 0 Å². The molecule has 1 aromatic heterocycles. The van der Waals surface area contributed by atoms with Crippen LogP contribution >= 0.6 is 0 Å². The summed E-state index contributed by atoms with van der Waals surface area (Å²) in [6.07, 6.45) is 3.14. The smallest absolute Gasteiger partial charge is 0.131 e.